The summed E-state index contributed by atoms with van der Waals surface area (Å²) in [5.74, 6) is 1.01. The first kappa shape index (κ1) is 18.4. The van der Waals surface area contributed by atoms with E-state index in [9.17, 15) is 9.59 Å². The Kier molecular flexibility index (Phi) is 6.12. The van der Waals surface area contributed by atoms with Crippen LogP contribution in [-0.4, -0.2) is 50.1 Å². The molecule has 138 valence electrons. The van der Waals surface area contributed by atoms with Gasteiger partial charge in [0.05, 0.1) is 11.5 Å². The van der Waals surface area contributed by atoms with Gasteiger partial charge in [0.2, 0.25) is 5.91 Å². The highest BCUT2D eigenvalue weighted by molar-refractivity contribution is 7.14. The Morgan fingerprint density at radius 3 is 2.80 bits per heavy atom. The second-order valence-electron chi connectivity index (χ2n) is 7.26. The molecule has 1 fully saturated rings. The molecule has 0 saturated carbocycles. The van der Waals surface area contributed by atoms with Crippen molar-refractivity contribution >= 4 is 23.2 Å². The molecule has 1 atom stereocenters. The second-order valence-corrected chi connectivity index (χ2v) is 8.39. The number of aryl methyl sites for hydroxylation is 1. The monoisotopic (exact) mass is 364 g/mol. The summed E-state index contributed by atoms with van der Waals surface area (Å²) >= 11 is 1.63. The molecule has 1 saturated heterocycles. The molecule has 2 amide bonds. The van der Waals surface area contributed by atoms with Gasteiger partial charge in [0.25, 0.3) is 5.91 Å². The van der Waals surface area contributed by atoms with Gasteiger partial charge in [0.15, 0.2) is 0 Å². The normalized spacial score (nSPS) is 21.0. The van der Waals surface area contributed by atoms with Crippen molar-refractivity contribution in [3.63, 3.8) is 0 Å². The van der Waals surface area contributed by atoms with E-state index in [0.29, 0.717) is 13.2 Å². The number of ether oxygens (including phenoxy) is 1. The third-order valence-electron chi connectivity index (χ3n) is 5.34. The summed E-state index contributed by atoms with van der Waals surface area (Å²) in [5.41, 5.74) is 1.19. The van der Waals surface area contributed by atoms with Gasteiger partial charge in [-0.3, -0.25) is 9.59 Å². The first-order chi connectivity index (χ1) is 12.1. The van der Waals surface area contributed by atoms with Crippen LogP contribution in [0.25, 0.3) is 0 Å². The van der Waals surface area contributed by atoms with Gasteiger partial charge in [0, 0.05) is 37.5 Å². The predicted molar refractivity (Wildman–Crippen MR) is 99.0 cm³/mol. The number of rotatable bonds is 5. The first-order valence-corrected chi connectivity index (χ1v) is 10.1. The van der Waals surface area contributed by atoms with Gasteiger partial charge in [-0.1, -0.05) is 6.92 Å². The number of amides is 2. The maximum Gasteiger partial charge on any atom is 0.263 e. The van der Waals surface area contributed by atoms with Gasteiger partial charge in [-0.05, 0) is 49.7 Å². The fourth-order valence-corrected chi connectivity index (χ4v) is 4.82. The van der Waals surface area contributed by atoms with E-state index in [1.165, 1.54) is 10.4 Å². The van der Waals surface area contributed by atoms with Gasteiger partial charge >= 0.3 is 0 Å². The van der Waals surface area contributed by atoms with Crippen LogP contribution in [0.2, 0.25) is 0 Å². The van der Waals surface area contributed by atoms with E-state index < -0.39 is 0 Å². The van der Waals surface area contributed by atoms with E-state index in [2.05, 4.69) is 12.2 Å². The lowest BCUT2D eigenvalue weighted by Gasteiger charge is -2.29. The van der Waals surface area contributed by atoms with Gasteiger partial charge < -0.3 is 15.0 Å². The van der Waals surface area contributed by atoms with Crippen molar-refractivity contribution in [2.45, 2.75) is 39.0 Å². The standard InChI is InChI=1S/C19H28N2O3S/c1-13-5-8-21(9-6-13)19(23)17-12-15-11-14(3-4-16(15)25-17)18(22)20-7-10-24-2/h12-14H,3-11H2,1-2H3,(H,20,22). The Labute approximate surface area is 153 Å². The number of carbonyl (C=O) groups excluding carboxylic acids is 2. The molecule has 2 aliphatic rings. The third-order valence-corrected chi connectivity index (χ3v) is 6.57. The number of methoxy groups -OCH3 is 1. The molecule has 1 aromatic rings. The summed E-state index contributed by atoms with van der Waals surface area (Å²) < 4.78 is 4.97. The number of nitrogens with one attached hydrogen (secondary N) is 1. The largest absolute Gasteiger partial charge is 0.383 e. The van der Waals surface area contributed by atoms with Crippen LogP contribution in [0, 0.1) is 11.8 Å². The number of likely N-dealkylation sites (tertiary alicyclic amines) is 1. The SMILES string of the molecule is COCCNC(=O)C1CCc2sc(C(=O)N3CCC(C)CC3)cc2C1. The fourth-order valence-electron chi connectivity index (χ4n) is 3.64. The lowest BCUT2D eigenvalue weighted by molar-refractivity contribution is -0.125. The number of thiophene rings is 1. The molecule has 0 bridgehead atoms. The van der Waals surface area contributed by atoms with Crippen molar-refractivity contribution in [2.24, 2.45) is 11.8 Å². The number of carbonyl (C=O) groups is 2. The topological polar surface area (TPSA) is 58.6 Å². The molecule has 1 aromatic heterocycles. The van der Waals surface area contributed by atoms with Crippen LogP contribution in [0.4, 0.5) is 0 Å². The molecule has 0 aromatic carbocycles. The van der Waals surface area contributed by atoms with E-state index in [1.807, 2.05) is 11.0 Å². The number of fused-ring (bicyclic) bond motifs is 1. The average Bonchev–Trinajstić information content (AvgIpc) is 3.05. The van der Waals surface area contributed by atoms with Gasteiger partial charge in [-0.2, -0.15) is 0 Å². The number of piperidine rings is 1. The van der Waals surface area contributed by atoms with Crippen LogP contribution < -0.4 is 5.32 Å². The van der Waals surface area contributed by atoms with Gasteiger partial charge in [-0.25, -0.2) is 0 Å². The summed E-state index contributed by atoms with van der Waals surface area (Å²) in [6.45, 7) is 5.08. The summed E-state index contributed by atoms with van der Waals surface area (Å²) in [7, 11) is 1.63. The Bertz CT molecular complexity index is 620. The van der Waals surface area contributed by atoms with Crippen molar-refractivity contribution in [3.05, 3.63) is 21.4 Å². The van der Waals surface area contributed by atoms with Crippen molar-refractivity contribution in [1.82, 2.24) is 10.2 Å². The van der Waals surface area contributed by atoms with Gasteiger partial charge in [-0.15, -0.1) is 11.3 Å². The zero-order valence-electron chi connectivity index (χ0n) is 15.2. The van der Waals surface area contributed by atoms with Crippen LogP contribution in [0.3, 0.4) is 0 Å². The minimum atomic E-state index is 0.0118. The summed E-state index contributed by atoms with van der Waals surface area (Å²) in [6.07, 6.45) is 4.70. The molecular formula is C19H28N2O3S. The molecule has 1 aliphatic heterocycles. The highest BCUT2D eigenvalue weighted by atomic mass is 32.1. The molecule has 1 aliphatic carbocycles. The third kappa shape index (κ3) is 4.42. The van der Waals surface area contributed by atoms with Crippen molar-refractivity contribution in [2.75, 3.05) is 33.4 Å². The Morgan fingerprint density at radius 1 is 1.32 bits per heavy atom. The van der Waals surface area contributed by atoms with Gasteiger partial charge in [0.1, 0.15) is 0 Å². The van der Waals surface area contributed by atoms with Crippen LogP contribution in [0.5, 0.6) is 0 Å². The summed E-state index contributed by atoms with van der Waals surface area (Å²) in [6, 6.07) is 2.04. The molecule has 1 N–H and O–H groups in total. The van der Waals surface area contributed by atoms with E-state index in [1.54, 1.807) is 18.4 Å². The van der Waals surface area contributed by atoms with Crippen LogP contribution in [-0.2, 0) is 22.4 Å². The fraction of sp³-hybridized carbons (Fsp3) is 0.684. The van der Waals surface area contributed by atoms with E-state index >= 15 is 0 Å². The quantitative estimate of drug-likeness (QED) is 0.817. The Balaban J connectivity index is 1.60. The molecule has 5 nitrogen and oxygen atoms in total. The second kappa shape index (κ2) is 8.32. The Hall–Kier alpha value is -1.40. The average molecular weight is 365 g/mol. The minimum absolute atomic E-state index is 0.0118. The molecular weight excluding hydrogens is 336 g/mol. The minimum Gasteiger partial charge on any atom is -0.383 e. The van der Waals surface area contributed by atoms with Crippen molar-refractivity contribution < 1.29 is 14.3 Å². The summed E-state index contributed by atoms with van der Waals surface area (Å²) in [4.78, 5) is 29.1. The number of hydrogen-bond donors (Lipinski definition) is 1. The van der Waals surface area contributed by atoms with Crippen molar-refractivity contribution in [1.29, 1.82) is 0 Å². The van der Waals surface area contributed by atoms with Crippen LogP contribution >= 0.6 is 11.3 Å². The maximum absolute atomic E-state index is 12.8. The maximum atomic E-state index is 12.8. The molecule has 1 unspecified atom stereocenters. The molecule has 3 rings (SSSR count). The van der Waals surface area contributed by atoms with E-state index in [0.717, 1.165) is 56.0 Å². The lowest BCUT2D eigenvalue weighted by atomic mass is 9.87. The van der Waals surface area contributed by atoms with E-state index in [4.69, 9.17) is 4.74 Å². The highest BCUT2D eigenvalue weighted by Gasteiger charge is 2.29. The zero-order chi connectivity index (χ0) is 17.8. The predicted octanol–water partition coefficient (Wildman–Crippen LogP) is 2.49. The highest BCUT2D eigenvalue weighted by Crippen LogP contribution is 2.33. The smallest absolute Gasteiger partial charge is 0.263 e. The first-order valence-electron chi connectivity index (χ1n) is 9.26. The molecule has 0 spiro atoms. The number of nitrogens with zero attached hydrogens (tertiary/aromatic N) is 1. The zero-order valence-corrected chi connectivity index (χ0v) is 16.0. The molecule has 6 heteroatoms. The van der Waals surface area contributed by atoms with Crippen molar-refractivity contribution in [3.8, 4) is 0 Å². The molecule has 2 heterocycles. The number of hydrogen-bond acceptors (Lipinski definition) is 4. The molecule has 0 radical (unpaired) electrons. The van der Waals surface area contributed by atoms with Crippen LogP contribution in [0.1, 0.15) is 46.3 Å². The molecule has 25 heavy (non-hydrogen) atoms. The Morgan fingerprint density at radius 2 is 2.08 bits per heavy atom. The van der Waals surface area contributed by atoms with E-state index in [-0.39, 0.29) is 17.7 Å². The van der Waals surface area contributed by atoms with Crippen LogP contribution in [0.15, 0.2) is 6.07 Å². The lowest BCUT2D eigenvalue weighted by Crippen LogP contribution is -2.37. The summed E-state index contributed by atoms with van der Waals surface area (Å²) in [5, 5.41) is 2.93.